The maximum Gasteiger partial charge on any atom is 0.133 e. The zero-order valence-electron chi connectivity index (χ0n) is 12.0. The van der Waals surface area contributed by atoms with Gasteiger partial charge < -0.3 is 4.52 Å². The fourth-order valence-electron chi connectivity index (χ4n) is 3.01. The number of likely N-dealkylation sites (tertiary alicyclic amines) is 1. The third-order valence-electron chi connectivity index (χ3n) is 4.06. The average molecular weight is 271 g/mol. The van der Waals surface area contributed by atoms with Crippen LogP contribution in [0, 0.1) is 6.92 Å². The molecule has 0 spiro atoms. The summed E-state index contributed by atoms with van der Waals surface area (Å²) in [5.74, 6) is 0.896. The molecule has 0 saturated carbocycles. The van der Waals surface area contributed by atoms with Crippen molar-refractivity contribution >= 4 is 0 Å². The summed E-state index contributed by atoms with van der Waals surface area (Å²) in [5, 5.41) is 4.11. The van der Waals surface area contributed by atoms with Crippen molar-refractivity contribution < 1.29 is 4.52 Å². The number of rotatable bonds is 5. The van der Waals surface area contributed by atoms with Crippen LogP contribution in [0.3, 0.4) is 0 Å². The first-order chi connectivity index (χ1) is 9.81. The molecule has 0 amide bonds. The normalized spacial score (nSPS) is 19.6. The minimum atomic E-state index is 0.667. The molecule has 4 nitrogen and oxygen atoms in total. The lowest BCUT2D eigenvalue weighted by atomic mass is 10.0. The Bertz CT molecular complexity index is 538. The first-order valence-electron chi connectivity index (χ1n) is 7.36. The lowest BCUT2D eigenvalue weighted by Crippen LogP contribution is -2.29. The molecule has 1 saturated heterocycles. The monoisotopic (exact) mass is 271 g/mol. The topological polar surface area (TPSA) is 42.2 Å². The molecule has 0 bridgehead atoms. The fraction of sp³-hybridized carbons (Fsp3) is 0.500. The molecule has 0 aliphatic carbocycles. The van der Waals surface area contributed by atoms with Crippen molar-refractivity contribution in [3.63, 3.8) is 0 Å². The molecule has 0 aromatic carbocycles. The van der Waals surface area contributed by atoms with Crippen LogP contribution in [0.15, 0.2) is 35.1 Å². The smallest absolute Gasteiger partial charge is 0.133 e. The third-order valence-corrected chi connectivity index (χ3v) is 4.06. The van der Waals surface area contributed by atoms with Crippen molar-refractivity contribution in [2.24, 2.45) is 0 Å². The van der Waals surface area contributed by atoms with Gasteiger partial charge in [-0.25, -0.2) is 0 Å². The van der Waals surface area contributed by atoms with Gasteiger partial charge in [-0.15, -0.1) is 0 Å². The lowest BCUT2D eigenvalue weighted by molar-refractivity contribution is 0.227. The van der Waals surface area contributed by atoms with Crippen molar-refractivity contribution in [3.8, 4) is 0 Å². The maximum atomic E-state index is 5.16. The highest BCUT2D eigenvalue weighted by molar-refractivity contribution is 5.10. The van der Waals surface area contributed by atoms with Crippen LogP contribution in [0.2, 0.25) is 0 Å². The van der Waals surface area contributed by atoms with Crippen molar-refractivity contribution in [2.75, 3.05) is 6.54 Å². The van der Waals surface area contributed by atoms with Crippen LogP contribution in [0.25, 0.3) is 0 Å². The summed E-state index contributed by atoms with van der Waals surface area (Å²) in [5.41, 5.74) is 2.43. The Kier molecular flexibility index (Phi) is 4.11. The Morgan fingerprint density at radius 2 is 2.20 bits per heavy atom. The average Bonchev–Trinajstić information content (AvgIpc) is 3.07. The molecule has 1 unspecified atom stereocenters. The predicted molar refractivity (Wildman–Crippen MR) is 77.2 cm³/mol. The van der Waals surface area contributed by atoms with Crippen LogP contribution in [0.5, 0.6) is 0 Å². The lowest BCUT2D eigenvalue weighted by Gasteiger charge is -2.23. The van der Waals surface area contributed by atoms with Gasteiger partial charge in [-0.05, 0) is 56.8 Å². The molecule has 20 heavy (non-hydrogen) atoms. The fourth-order valence-corrected chi connectivity index (χ4v) is 3.01. The highest BCUT2D eigenvalue weighted by atomic mass is 16.5. The van der Waals surface area contributed by atoms with E-state index in [1.54, 1.807) is 0 Å². The standard InChI is InChI=1S/C16H21N3O/c1-13-11-15(18-20-13)12-19-10-2-3-16(19)5-4-14-6-8-17-9-7-14/h6-9,11,16H,2-5,10,12H2,1H3. The Balaban J connectivity index is 1.55. The van der Waals surface area contributed by atoms with E-state index in [0.717, 1.165) is 24.4 Å². The van der Waals surface area contributed by atoms with Crippen LogP contribution >= 0.6 is 0 Å². The maximum absolute atomic E-state index is 5.16. The molecule has 106 valence electrons. The Labute approximate surface area is 119 Å². The Morgan fingerprint density at radius 3 is 2.95 bits per heavy atom. The predicted octanol–water partition coefficient (Wildman–Crippen LogP) is 2.98. The van der Waals surface area contributed by atoms with Crippen LogP contribution in [0.1, 0.15) is 36.3 Å². The van der Waals surface area contributed by atoms with E-state index in [0.29, 0.717) is 6.04 Å². The molecule has 2 aromatic heterocycles. The van der Waals surface area contributed by atoms with Crippen LogP contribution in [-0.4, -0.2) is 27.6 Å². The summed E-state index contributed by atoms with van der Waals surface area (Å²) in [6.07, 6.45) is 8.67. The molecule has 0 radical (unpaired) electrons. The number of aromatic nitrogens is 2. The minimum absolute atomic E-state index is 0.667. The number of nitrogens with zero attached hydrogens (tertiary/aromatic N) is 3. The van der Waals surface area contributed by atoms with E-state index >= 15 is 0 Å². The van der Waals surface area contributed by atoms with Crippen molar-refractivity contribution in [1.82, 2.24) is 15.0 Å². The second kappa shape index (κ2) is 6.18. The van der Waals surface area contributed by atoms with Gasteiger partial charge >= 0.3 is 0 Å². The first-order valence-corrected chi connectivity index (χ1v) is 7.36. The molecule has 3 rings (SSSR count). The number of hydrogen-bond acceptors (Lipinski definition) is 4. The van der Waals surface area contributed by atoms with E-state index < -0.39 is 0 Å². The van der Waals surface area contributed by atoms with E-state index in [1.165, 1.54) is 31.4 Å². The van der Waals surface area contributed by atoms with Gasteiger partial charge in [0.05, 0.1) is 5.69 Å². The Morgan fingerprint density at radius 1 is 1.35 bits per heavy atom. The summed E-state index contributed by atoms with van der Waals surface area (Å²) in [6.45, 7) is 4.03. The zero-order valence-corrected chi connectivity index (χ0v) is 12.0. The van der Waals surface area contributed by atoms with Gasteiger partial charge in [-0.1, -0.05) is 5.16 Å². The molecule has 1 aliphatic rings. The first kappa shape index (κ1) is 13.3. The second-order valence-electron chi connectivity index (χ2n) is 5.59. The van der Waals surface area contributed by atoms with E-state index in [9.17, 15) is 0 Å². The molecule has 1 fully saturated rings. The van der Waals surface area contributed by atoms with Crippen molar-refractivity contribution in [3.05, 3.63) is 47.6 Å². The largest absolute Gasteiger partial charge is 0.361 e. The summed E-state index contributed by atoms with van der Waals surface area (Å²) >= 11 is 0. The molecule has 4 heteroatoms. The summed E-state index contributed by atoms with van der Waals surface area (Å²) < 4.78 is 5.16. The van der Waals surface area contributed by atoms with Crippen molar-refractivity contribution in [2.45, 2.75) is 45.2 Å². The van der Waals surface area contributed by atoms with E-state index in [1.807, 2.05) is 25.4 Å². The van der Waals surface area contributed by atoms with E-state index in [4.69, 9.17) is 4.52 Å². The molecule has 2 aromatic rings. The van der Waals surface area contributed by atoms with Gasteiger partial charge in [0.1, 0.15) is 5.76 Å². The third kappa shape index (κ3) is 3.25. The van der Waals surface area contributed by atoms with Crippen LogP contribution in [-0.2, 0) is 13.0 Å². The van der Waals surface area contributed by atoms with Gasteiger partial charge in [-0.2, -0.15) is 0 Å². The van der Waals surface area contributed by atoms with Gasteiger partial charge in [0.2, 0.25) is 0 Å². The number of aryl methyl sites for hydroxylation is 2. The minimum Gasteiger partial charge on any atom is -0.361 e. The highest BCUT2D eigenvalue weighted by Gasteiger charge is 2.24. The number of hydrogen-bond donors (Lipinski definition) is 0. The van der Waals surface area contributed by atoms with Crippen LogP contribution in [0.4, 0.5) is 0 Å². The van der Waals surface area contributed by atoms with Crippen molar-refractivity contribution in [1.29, 1.82) is 0 Å². The summed E-state index contributed by atoms with van der Waals surface area (Å²) in [6, 6.07) is 6.93. The van der Waals surface area contributed by atoms with Gasteiger partial charge in [-0.3, -0.25) is 9.88 Å². The molecular weight excluding hydrogens is 250 g/mol. The summed E-state index contributed by atoms with van der Waals surface area (Å²) in [7, 11) is 0. The summed E-state index contributed by atoms with van der Waals surface area (Å²) in [4.78, 5) is 6.61. The molecule has 1 aliphatic heterocycles. The quantitative estimate of drug-likeness (QED) is 0.838. The molecule has 3 heterocycles. The van der Waals surface area contributed by atoms with Crippen LogP contribution < -0.4 is 0 Å². The second-order valence-corrected chi connectivity index (χ2v) is 5.59. The van der Waals surface area contributed by atoms with Gasteiger partial charge in [0, 0.05) is 31.0 Å². The Hall–Kier alpha value is -1.68. The number of pyridine rings is 1. The molecule has 1 atom stereocenters. The molecule has 0 N–H and O–H groups in total. The van der Waals surface area contributed by atoms with E-state index in [2.05, 4.69) is 27.2 Å². The van der Waals surface area contributed by atoms with Gasteiger partial charge in [0.25, 0.3) is 0 Å². The van der Waals surface area contributed by atoms with E-state index in [-0.39, 0.29) is 0 Å². The SMILES string of the molecule is Cc1cc(CN2CCCC2CCc2ccncc2)no1. The van der Waals surface area contributed by atoms with Gasteiger partial charge in [0.15, 0.2) is 0 Å². The molecular formula is C16H21N3O. The highest BCUT2D eigenvalue weighted by Crippen LogP contribution is 2.23. The zero-order chi connectivity index (χ0) is 13.8.